The molecular weight excluding hydrogens is 241 g/mol. The van der Waals surface area contributed by atoms with Gasteiger partial charge in [-0.3, -0.25) is 4.21 Å². The third kappa shape index (κ3) is 5.39. The summed E-state index contributed by atoms with van der Waals surface area (Å²) in [7, 11) is -0.852. The van der Waals surface area contributed by atoms with Crippen molar-refractivity contribution < 1.29 is 13.7 Å². The fourth-order valence-electron chi connectivity index (χ4n) is 1.53. The van der Waals surface area contributed by atoms with Crippen LogP contribution >= 0.6 is 0 Å². The fourth-order valence-corrected chi connectivity index (χ4v) is 2.35. The molecule has 17 heavy (non-hydrogen) atoms. The molecular formula is C12H18FNO2S. The van der Waals surface area contributed by atoms with Gasteiger partial charge in [0.25, 0.3) is 0 Å². The second-order valence-electron chi connectivity index (χ2n) is 4.12. The first-order valence-corrected chi connectivity index (χ1v) is 7.18. The highest BCUT2D eigenvalue weighted by Crippen LogP contribution is 2.12. The standard InChI is InChI=1S/C12H18FNO2S/c1-9(8-17(2)16)14-7-12(15)10-3-5-11(13)6-4-10/h3-6,9,12,14-15H,7-8H2,1-2H3. The minimum atomic E-state index is -0.852. The summed E-state index contributed by atoms with van der Waals surface area (Å²) < 4.78 is 23.6. The van der Waals surface area contributed by atoms with Crippen LogP contribution in [0.25, 0.3) is 0 Å². The summed E-state index contributed by atoms with van der Waals surface area (Å²) in [5, 5.41) is 12.9. The maximum atomic E-state index is 12.7. The van der Waals surface area contributed by atoms with Crippen molar-refractivity contribution in [2.45, 2.75) is 19.1 Å². The first-order chi connectivity index (χ1) is 7.99. The lowest BCUT2D eigenvalue weighted by Gasteiger charge is -2.16. The van der Waals surface area contributed by atoms with Gasteiger partial charge < -0.3 is 10.4 Å². The zero-order chi connectivity index (χ0) is 12.8. The van der Waals surface area contributed by atoms with Gasteiger partial charge in [-0.05, 0) is 24.6 Å². The third-order valence-corrected chi connectivity index (χ3v) is 3.37. The maximum absolute atomic E-state index is 12.7. The van der Waals surface area contributed by atoms with E-state index in [0.29, 0.717) is 17.9 Å². The fraction of sp³-hybridized carbons (Fsp3) is 0.500. The van der Waals surface area contributed by atoms with E-state index in [-0.39, 0.29) is 11.9 Å². The van der Waals surface area contributed by atoms with E-state index in [4.69, 9.17) is 0 Å². The molecule has 0 aliphatic carbocycles. The van der Waals surface area contributed by atoms with Crippen molar-refractivity contribution in [1.82, 2.24) is 5.32 Å². The predicted octanol–water partition coefficient (Wildman–Crippen LogP) is 1.22. The molecule has 3 unspecified atom stereocenters. The summed E-state index contributed by atoms with van der Waals surface area (Å²) in [6.07, 6.45) is 0.970. The van der Waals surface area contributed by atoms with Crippen LogP contribution in [0.5, 0.6) is 0 Å². The number of rotatable bonds is 6. The molecule has 0 aliphatic heterocycles. The second kappa shape index (κ2) is 6.83. The van der Waals surface area contributed by atoms with Crippen LogP contribution in [-0.4, -0.2) is 33.9 Å². The van der Waals surface area contributed by atoms with Gasteiger partial charge in [0.05, 0.1) is 6.10 Å². The van der Waals surface area contributed by atoms with Crippen LogP contribution in [-0.2, 0) is 10.8 Å². The Morgan fingerprint density at radius 1 is 1.41 bits per heavy atom. The van der Waals surface area contributed by atoms with Crippen molar-refractivity contribution in [3.8, 4) is 0 Å². The highest BCUT2D eigenvalue weighted by atomic mass is 32.2. The van der Waals surface area contributed by atoms with E-state index >= 15 is 0 Å². The lowest BCUT2D eigenvalue weighted by molar-refractivity contribution is 0.171. The van der Waals surface area contributed by atoms with Gasteiger partial charge in [0.2, 0.25) is 0 Å². The zero-order valence-corrected chi connectivity index (χ0v) is 10.8. The largest absolute Gasteiger partial charge is 0.387 e. The van der Waals surface area contributed by atoms with E-state index in [0.717, 1.165) is 0 Å². The van der Waals surface area contributed by atoms with Gasteiger partial charge in [-0.2, -0.15) is 0 Å². The molecule has 1 aromatic rings. The molecule has 3 atom stereocenters. The second-order valence-corrected chi connectivity index (χ2v) is 5.60. The van der Waals surface area contributed by atoms with Gasteiger partial charge >= 0.3 is 0 Å². The molecule has 3 nitrogen and oxygen atoms in total. The van der Waals surface area contributed by atoms with Crippen molar-refractivity contribution >= 4 is 10.8 Å². The quantitative estimate of drug-likeness (QED) is 0.807. The van der Waals surface area contributed by atoms with Crippen LogP contribution in [0.2, 0.25) is 0 Å². The molecule has 0 aliphatic rings. The Bertz CT molecular complexity index is 369. The molecule has 0 saturated heterocycles. The minimum absolute atomic E-state index is 0.0796. The van der Waals surface area contributed by atoms with Gasteiger partial charge in [-0.25, -0.2) is 4.39 Å². The Kier molecular flexibility index (Phi) is 5.74. The molecule has 0 fully saturated rings. The highest BCUT2D eigenvalue weighted by molar-refractivity contribution is 7.84. The molecule has 96 valence electrons. The number of benzene rings is 1. The Labute approximate surface area is 104 Å². The molecule has 0 amide bonds. The molecule has 1 rings (SSSR count). The van der Waals surface area contributed by atoms with E-state index in [1.165, 1.54) is 12.1 Å². The lowest BCUT2D eigenvalue weighted by Crippen LogP contribution is -2.34. The number of hydrogen-bond acceptors (Lipinski definition) is 3. The molecule has 2 N–H and O–H groups in total. The van der Waals surface area contributed by atoms with Crippen LogP contribution < -0.4 is 5.32 Å². The van der Waals surface area contributed by atoms with Gasteiger partial charge in [0.15, 0.2) is 0 Å². The summed E-state index contributed by atoms with van der Waals surface area (Å²) in [5.74, 6) is 0.236. The van der Waals surface area contributed by atoms with Crippen molar-refractivity contribution in [2.75, 3.05) is 18.6 Å². The van der Waals surface area contributed by atoms with Crippen LogP contribution in [0, 0.1) is 5.82 Å². The Morgan fingerprint density at radius 2 is 2.00 bits per heavy atom. The molecule has 0 radical (unpaired) electrons. The molecule has 5 heteroatoms. The number of hydrogen-bond donors (Lipinski definition) is 2. The first kappa shape index (κ1) is 14.3. The molecule has 0 bridgehead atoms. The first-order valence-electron chi connectivity index (χ1n) is 5.46. The molecule has 0 saturated carbocycles. The third-order valence-electron chi connectivity index (χ3n) is 2.40. The Hall–Kier alpha value is -0.780. The Balaban J connectivity index is 2.41. The van der Waals surface area contributed by atoms with Gasteiger partial charge in [0.1, 0.15) is 5.82 Å². The number of halogens is 1. The lowest BCUT2D eigenvalue weighted by atomic mass is 10.1. The van der Waals surface area contributed by atoms with Gasteiger partial charge in [-0.15, -0.1) is 0 Å². The van der Waals surface area contributed by atoms with Crippen LogP contribution in [0.15, 0.2) is 24.3 Å². The monoisotopic (exact) mass is 259 g/mol. The van der Waals surface area contributed by atoms with Crippen LogP contribution in [0.4, 0.5) is 4.39 Å². The molecule has 0 spiro atoms. The van der Waals surface area contributed by atoms with Crippen LogP contribution in [0.1, 0.15) is 18.6 Å². The highest BCUT2D eigenvalue weighted by Gasteiger charge is 2.10. The molecule has 0 aromatic heterocycles. The van der Waals surface area contributed by atoms with E-state index in [2.05, 4.69) is 5.32 Å². The minimum Gasteiger partial charge on any atom is -0.387 e. The van der Waals surface area contributed by atoms with Crippen molar-refractivity contribution in [2.24, 2.45) is 0 Å². The van der Waals surface area contributed by atoms with E-state index in [1.54, 1.807) is 18.4 Å². The van der Waals surface area contributed by atoms with E-state index in [1.807, 2.05) is 6.92 Å². The average molecular weight is 259 g/mol. The SMILES string of the molecule is CC(CS(C)=O)NCC(O)c1ccc(F)cc1. The van der Waals surface area contributed by atoms with E-state index in [9.17, 15) is 13.7 Å². The average Bonchev–Trinajstić information content (AvgIpc) is 2.26. The maximum Gasteiger partial charge on any atom is 0.123 e. The van der Waals surface area contributed by atoms with Gasteiger partial charge in [-0.1, -0.05) is 12.1 Å². The molecule has 0 heterocycles. The van der Waals surface area contributed by atoms with Crippen LogP contribution in [0.3, 0.4) is 0 Å². The predicted molar refractivity (Wildman–Crippen MR) is 67.8 cm³/mol. The van der Waals surface area contributed by atoms with E-state index < -0.39 is 16.9 Å². The number of nitrogens with one attached hydrogen (secondary N) is 1. The van der Waals surface area contributed by atoms with Crippen molar-refractivity contribution in [3.05, 3.63) is 35.6 Å². The number of aliphatic hydroxyl groups excluding tert-OH is 1. The van der Waals surface area contributed by atoms with Crippen molar-refractivity contribution in [1.29, 1.82) is 0 Å². The number of aliphatic hydroxyl groups is 1. The smallest absolute Gasteiger partial charge is 0.123 e. The summed E-state index contributed by atoms with van der Waals surface area (Å²) in [4.78, 5) is 0. The topological polar surface area (TPSA) is 49.3 Å². The molecule has 1 aromatic carbocycles. The zero-order valence-electron chi connectivity index (χ0n) is 10.0. The van der Waals surface area contributed by atoms with Gasteiger partial charge in [0, 0.05) is 35.4 Å². The summed E-state index contributed by atoms with van der Waals surface area (Å²) in [5.41, 5.74) is 0.670. The summed E-state index contributed by atoms with van der Waals surface area (Å²) in [6, 6.07) is 5.84. The summed E-state index contributed by atoms with van der Waals surface area (Å²) >= 11 is 0. The summed E-state index contributed by atoms with van der Waals surface area (Å²) in [6.45, 7) is 2.28. The van der Waals surface area contributed by atoms with Crippen molar-refractivity contribution in [3.63, 3.8) is 0 Å². The Morgan fingerprint density at radius 3 is 2.53 bits per heavy atom. The normalized spacial score (nSPS) is 16.5.